The summed E-state index contributed by atoms with van der Waals surface area (Å²) in [6.07, 6.45) is 0. The number of hydrogen-bond acceptors (Lipinski definition) is 4. The molecule has 0 aliphatic rings. The maximum absolute atomic E-state index is 12.4. The van der Waals surface area contributed by atoms with Crippen molar-refractivity contribution in [3.63, 3.8) is 0 Å². The van der Waals surface area contributed by atoms with Gasteiger partial charge in [-0.3, -0.25) is 0 Å². The normalized spacial score (nSPS) is 14.6. The molecule has 0 saturated carbocycles. The Hall–Kier alpha value is -1.02. The Kier molecular flexibility index (Phi) is 6.01. The third-order valence-corrected chi connectivity index (χ3v) is 6.09. The van der Waals surface area contributed by atoms with Crippen LogP contribution in [0.3, 0.4) is 0 Å². The number of H-pyrrole nitrogens is 1. The van der Waals surface area contributed by atoms with Gasteiger partial charge in [-0.25, -0.2) is 4.79 Å². The summed E-state index contributed by atoms with van der Waals surface area (Å²) in [5.41, 5.74) is 2.17. The molecule has 0 fully saturated rings. The lowest BCUT2D eigenvalue weighted by atomic mass is 10.1. The average molecular weight is 415 g/mol. The van der Waals surface area contributed by atoms with E-state index in [4.69, 9.17) is 4.74 Å². The summed E-state index contributed by atoms with van der Waals surface area (Å²) >= 11 is 2.29. The van der Waals surface area contributed by atoms with Crippen LogP contribution in [0.15, 0.2) is 22.7 Å². The van der Waals surface area contributed by atoms with Crippen LogP contribution in [0.1, 0.15) is 56.7 Å². The molecule has 2 aromatic rings. The van der Waals surface area contributed by atoms with Crippen LogP contribution in [0.5, 0.6) is 0 Å². The van der Waals surface area contributed by atoms with Crippen LogP contribution in [-0.4, -0.2) is 26.9 Å². The molecule has 7 heteroatoms. The standard InChI is InChI=1S/C17H23BrN2O3S/c1-6-23-16(21)15-13(18)12-9-7-8-11(14(12)19-15)10(2)20-24(22)17(3,4)5/h7-10,19-20H,6H2,1-5H3/t10-,24?/m0/s1. The topological polar surface area (TPSA) is 77.2 Å². The lowest BCUT2D eigenvalue weighted by molar-refractivity contribution is 0.0519. The van der Waals surface area contributed by atoms with Gasteiger partial charge < -0.3 is 14.3 Å². The highest BCUT2D eigenvalue weighted by Crippen LogP contribution is 2.33. The van der Waals surface area contributed by atoms with Gasteiger partial charge in [0, 0.05) is 16.7 Å². The van der Waals surface area contributed by atoms with E-state index < -0.39 is 17.3 Å². The predicted molar refractivity (Wildman–Crippen MR) is 101 cm³/mol. The van der Waals surface area contributed by atoms with Gasteiger partial charge in [-0.2, -0.15) is 0 Å². The molecule has 0 saturated heterocycles. The minimum atomic E-state index is -1.19. The third-order valence-electron chi connectivity index (χ3n) is 3.59. The van der Waals surface area contributed by atoms with E-state index in [1.54, 1.807) is 6.92 Å². The molecule has 1 heterocycles. The maximum atomic E-state index is 12.4. The number of carbonyl (C=O) groups is 1. The second-order valence-electron chi connectivity index (χ2n) is 6.52. The lowest BCUT2D eigenvalue weighted by Crippen LogP contribution is -2.40. The zero-order valence-corrected chi connectivity index (χ0v) is 16.9. The Labute approximate surface area is 154 Å². The number of aromatic nitrogens is 1. The van der Waals surface area contributed by atoms with Gasteiger partial charge in [0.25, 0.3) is 0 Å². The SMILES string of the molecule is CCOC(=O)c1[nH]c2c([C@H](C)N[S+]([O-])C(C)(C)C)cccc2c1Br. The Morgan fingerprint density at radius 1 is 1.46 bits per heavy atom. The molecule has 5 nitrogen and oxygen atoms in total. The van der Waals surface area contributed by atoms with Gasteiger partial charge in [-0.05, 0) is 56.1 Å². The fourth-order valence-corrected chi connectivity index (χ4v) is 3.71. The van der Waals surface area contributed by atoms with Crippen molar-refractivity contribution in [3.8, 4) is 0 Å². The van der Waals surface area contributed by atoms with Crippen molar-refractivity contribution in [2.24, 2.45) is 0 Å². The smallest absolute Gasteiger partial charge is 0.355 e. The van der Waals surface area contributed by atoms with E-state index in [0.717, 1.165) is 16.5 Å². The zero-order chi connectivity index (χ0) is 18.1. The number of nitrogens with one attached hydrogen (secondary N) is 2. The van der Waals surface area contributed by atoms with E-state index in [2.05, 4.69) is 25.6 Å². The largest absolute Gasteiger partial charge is 0.598 e. The Balaban J connectivity index is 2.41. The van der Waals surface area contributed by atoms with Crippen LogP contribution in [0.25, 0.3) is 10.9 Å². The minimum Gasteiger partial charge on any atom is -0.598 e. The highest BCUT2D eigenvalue weighted by atomic mass is 79.9. The molecule has 24 heavy (non-hydrogen) atoms. The fourth-order valence-electron chi connectivity index (χ4n) is 2.31. The van der Waals surface area contributed by atoms with Gasteiger partial charge >= 0.3 is 5.97 Å². The highest BCUT2D eigenvalue weighted by Gasteiger charge is 2.29. The van der Waals surface area contributed by atoms with Crippen LogP contribution >= 0.6 is 15.9 Å². The summed E-state index contributed by atoms with van der Waals surface area (Å²) in [7, 11) is 0. The summed E-state index contributed by atoms with van der Waals surface area (Å²) in [6.45, 7) is 9.81. The number of hydrogen-bond donors (Lipinski definition) is 2. The first-order chi connectivity index (χ1) is 11.2. The second-order valence-corrected chi connectivity index (χ2v) is 9.32. The van der Waals surface area contributed by atoms with Crippen LogP contribution in [-0.2, 0) is 16.1 Å². The number of aromatic amines is 1. The van der Waals surface area contributed by atoms with E-state index >= 15 is 0 Å². The van der Waals surface area contributed by atoms with Crippen LogP contribution < -0.4 is 4.72 Å². The van der Waals surface area contributed by atoms with E-state index in [1.807, 2.05) is 45.9 Å². The van der Waals surface area contributed by atoms with Gasteiger partial charge in [0.05, 0.1) is 22.6 Å². The summed E-state index contributed by atoms with van der Waals surface area (Å²) in [5.74, 6) is -0.398. The number of carbonyl (C=O) groups excluding carboxylic acids is 1. The van der Waals surface area contributed by atoms with E-state index in [9.17, 15) is 9.35 Å². The van der Waals surface area contributed by atoms with Crippen LogP contribution in [0.4, 0.5) is 0 Å². The first-order valence-electron chi connectivity index (χ1n) is 7.82. The molecule has 0 bridgehead atoms. The number of halogens is 1. The maximum Gasteiger partial charge on any atom is 0.355 e. The van der Waals surface area contributed by atoms with Crippen molar-refractivity contribution < 1.29 is 14.1 Å². The third kappa shape index (κ3) is 3.96. The second kappa shape index (κ2) is 7.47. The summed E-state index contributed by atoms with van der Waals surface area (Å²) in [5, 5.41) is 0.894. The van der Waals surface area contributed by atoms with Gasteiger partial charge in [0.15, 0.2) is 0 Å². The summed E-state index contributed by atoms with van der Waals surface area (Å²) in [6, 6.07) is 5.66. The molecule has 2 atom stereocenters. The minimum absolute atomic E-state index is 0.144. The number of fused-ring (bicyclic) bond motifs is 1. The van der Waals surface area contributed by atoms with Crippen molar-refractivity contribution in [2.45, 2.75) is 45.4 Å². The molecule has 2 N–H and O–H groups in total. The predicted octanol–water partition coefficient (Wildman–Crippen LogP) is 4.22. The van der Waals surface area contributed by atoms with Crippen molar-refractivity contribution in [3.05, 3.63) is 33.9 Å². The molecule has 1 unspecified atom stereocenters. The summed E-state index contributed by atoms with van der Waals surface area (Å²) in [4.78, 5) is 15.2. The monoisotopic (exact) mass is 414 g/mol. The molecule has 0 spiro atoms. The van der Waals surface area contributed by atoms with Crippen molar-refractivity contribution >= 4 is 44.2 Å². The van der Waals surface area contributed by atoms with E-state index in [-0.39, 0.29) is 10.8 Å². The van der Waals surface area contributed by atoms with E-state index in [0.29, 0.717) is 16.8 Å². The molecule has 0 aliphatic carbocycles. The molecular formula is C17H23BrN2O3S. The number of rotatable bonds is 5. The van der Waals surface area contributed by atoms with Gasteiger partial charge in [-0.15, -0.1) is 4.72 Å². The quantitative estimate of drug-likeness (QED) is 0.566. The summed E-state index contributed by atoms with van der Waals surface area (Å²) < 4.78 is 20.9. The van der Waals surface area contributed by atoms with Crippen LogP contribution in [0.2, 0.25) is 0 Å². The lowest BCUT2D eigenvalue weighted by Gasteiger charge is -2.26. The van der Waals surface area contributed by atoms with Crippen LogP contribution in [0, 0.1) is 0 Å². The fraction of sp³-hybridized carbons (Fsp3) is 0.471. The molecule has 0 radical (unpaired) electrons. The number of ether oxygens (including phenoxy) is 1. The molecule has 0 aliphatic heterocycles. The first-order valence-corrected chi connectivity index (χ1v) is 9.76. The number of para-hydroxylation sites is 1. The van der Waals surface area contributed by atoms with Gasteiger partial charge in [0.2, 0.25) is 0 Å². The Bertz CT molecular complexity index is 739. The average Bonchev–Trinajstić information content (AvgIpc) is 2.84. The molecule has 0 amide bonds. The first kappa shape index (κ1) is 19.3. The molecule has 2 rings (SSSR count). The van der Waals surface area contributed by atoms with Crippen molar-refractivity contribution in [1.82, 2.24) is 9.71 Å². The molecule has 1 aromatic heterocycles. The molecule has 132 valence electrons. The zero-order valence-electron chi connectivity index (χ0n) is 14.5. The highest BCUT2D eigenvalue weighted by molar-refractivity contribution is 9.10. The Morgan fingerprint density at radius 2 is 2.12 bits per heavy atom. The van der Waals surface area contributed by atoms with Crippen molar-refractivity contribution in [1.29, 1.82) is 0 Å². The van der Waals surface area contributed by atoms with Crippen molar-refractivity contribution in [2.75, 3.05) is 6.61 Å². The molecular weight excluding hydrogens is 392 g/mol. The Morgan fingerprint density at radius 3 is 2.71 bits per heavy atom. The number of esters is 1. The number of benzene rings is 1. The van der Waals surface area contributed by atoms with Gasteiger partial charge in [-0.1, -0.05) is 18.2 Å². The van der Waals surface area contributed by atoms with E-state index in [1.165, 1.54) is 0 Å². The van der Waals surface area contributed by atoms with Gasteiger partial charge in [0.1, 0.15) is 10.4 Å². The molecule has 1 aromatic carbocycles.